The molecular formula is C70H60N4. The summed E-state index contributed by atoms with van der Waals surface area (Å²) < 4.78 is 5.29. The van der Waals surface area contributed by atoms with Crippen molar-refractivity contribution in [3.63, 3.8) is 0 Å². The van der Waals surface area contributed by atoms with Gasteiger partial charge in [-0.25, -0.2) is 0 Å². The van der Waals surface area contributed by atoms with E-state index in [0.717, 1.165) is 28.4 Å². The molecule has 4 heterocycles. The second-order valence-corrected chi connectivity index (χ2v) is 23.9. The third-order valence-electron chi connectivity index (χ3n) is 16.1. The van der Waals surface area contributed by atoms with E-state index in [9.17, 15) is 0 Å². The lowest BCUT2D eigenvalue weighted by atomic mass is 9.83. The molecule has 4 aromatic heterocycles. The molecule has 0 amide bonds. The molecule has 360 valence electrons. The summed E-state index contributed by atoms with van der Waals surface area (Å²) in [6.07, 6.45) is 0. The summed E-state index contributed by atoms with van der Waals surface area (Å²) in [5.74, 6) is 0. The average molecular weight is 957 g/mol. The van der Waals surface area contributed by atoms with Gasteiger partial charge in [0.2, 0.25) is 0 Å². The first-order valence-corrected chi connectivity index (χ1v) is 26.4. The maximum atomic E-state index is 2.65. The Kier molecular flexibility index (Phi) is 9.35. The number of hydrogen-bond donors (Lipinski definition) is 0. The zero-order chi connectivity index (χ0) is 50.6. The number of anilines is 6. The van der Waals surface area contributed by atoms with Gasteiger partial charge in [0, 0.05) is 65.8 Å². The summed E-state index contributed by atoms with van der Waals surface area (Å²) in [7, 11) is 0. The molecule has 10 aromatic carbocycles. The summed E-state index contributed by atoms with van der Waals surface area (Å²) in [6.45, 7) is 21.3. The number of para-hydroxylation sites is 4. The zero-order valence-electron chi connectivity index (χ0n) is 43.8. The SMILES string of the molecule is CC(C)(C)c1cc(N(c2ccccc2)c2ccccc2)c2c(c1)c1cc(C(C)(C)C)cc3c4c5c6cc(C(C)(C)C)cc7c8c9ccccc9cc(N(c9ccccc9)c9ccccc9)c8n(c5ccc4n2c13)c67. The molecule has 0 radical (unpaired) electrons. The number of rotatable bonds is 6. The summed E-state index contributed by atoms with van der Waals surface area (Å²) >= 11 is 0. The average Bonchev–Trinajstić information content (AvgIpc) is 4.24. The molecule has 14 aromatic rings. The molecule has 0 saturated heterocycles. The van der Waals surface area contributed by atoms with Crippen LogP contribution in [-0.2, 0) is 16.2 Å². The van der Waals surface area contributed by atoms with E-state index in [4.69, 9.17) is 0 Å². The lowest BCUT2D eigenvalue weighted by Gasteiger charge is -2.29. The Morgan fingerprint density at radius 1 is 0.284 bits per heavy atom. The topological polar surface area (TPSA) is 15.3 Å². The third-order valence-corrected chi connectivity index (χ3v) is 16.1. The Hall–Kier alpha value is -8.34. The van der Waals surface area contributed by atoms with Crippen molar-refractivity contribution in [3.8, 4) is 0 Å². The van der Waals surface area contributed by atoms with Gasteiger partial charge >= 0.3 is 0 Å². The minimum absolute atomic E-state index is 0.107. The Labute approximate surface area is 433 Å². The summed E-state index contributed by atoms with van der Waals surface area (Å²) in [5, 5.41) is 12.9. The smallest absolute Gasteiger partial charge is 0.0789 e. The van der Waals surface area contributed by atoms with Crippen molar-refractivity contribution in [1.29, 1.82) is 0 Å². The molecular weight excluding hydrogens is 897 g/mol. The van der Waals surface area contributed by atoms with Crippen LogP contribution in [0.4, 0.5) is 34.1 Å². The molecule has 0 aliphatic rings. The highest BCUT2D eigenvalue weighted by Crippen LogP contribution is 2.54. The molecule has 0 saturated carbocycles. The van der Waals surface area contributed by atoms with Crippen LogP contribution in [0.25, 0.3) is 87.0 Å². The van der Waals surface area contributed by atoms with Crippen molar-refractivity contribution >= 4 is 121 Å². The number of aromatic nitrogens is 2. The van der Waals surface area contributed by atoms with E-state index in [1.54, 1.807) is 0 Å². The Balaban J connectivity index is 1.22. The van der Waals surface area contributed by atoms with Crippen molar-refractivity contribution in [2.24, 2.45) is 0 Å². The number of nitrogens with zero attached hydrogens (tertiary/aromatic N) is 4. The molecule has 0 N–H and O–H groups in total. The molecule has 4 heteroatoms. The highest BCUT2D eigenvalue weighted by molar-refractivity contribution is 6.38. The minimum Gasteiger partial charge on any atom is -0.308 e. The monoisotopic (exact) mass is 956 g/mol. The number of benzene rings is 10. The molecule has 0 aliphatic carbocycles. The van der Waals surface area contributed by atoms with E-state index < -0.39 is 0 Å². The fourth-order valence-corrected chi connectivity index (χ4v) is 12.4. The first kappa shape index (κ1) is 44.4. The van der Waals surface area contributed by atoms with Gasteiger partial charge in [-0.2, -0.15) is 0 Å². The Morgan fingerprint density at radius 3 is 1.07 bits per heavy atom. The van der Waals surface area contributed by atoms with E-state index in [0.29, 0.717) is 0 Å². The van der Waals surface area contributed by atoms with Gasteiger partial charge in [0.05, 0.1) is 44.5 Å². The standard InChI is InChI=1S/C70H60N4/c1-68(2,3)44-37-52-53-38-46(70(7,8)9)42-60(72(49-29-18-12-19-30-49)50-31-20-13-21-32-50)66(53)73-57-34-35-58-63(62(57)55(40-44)64(52)73)56-41-45(69(4,5)6)39-54-61-51-33-23-22-24-43(51)36-59(67(61)74(58)65(54)56)71(47-25-14-10-15-26-47)48-27-16-11-17-28-48/h10-42H,1-9H3. The maximum absolute atomic E-state index is 2.65. The van der Waals surface area contributed by atoms with Crippen LogP contribution in [-0.4, -0.2) is 8.80 Å². The van der Waals surface area contributed by atoms with Crippen LogP contribution in [0.15, 0.2) is 200 Å². The summed E-state index contributed by atoms with van der Waals surface area (Å²) in [5.41, 5.74) is 17.9. The van der Waals surface area contributed by atoms with Gasteiger partial charge in [0.1, 0.15) is 0 Å². The van der Waals surface area contributed by atoms with Crippen molar-refractivity contribution in [2.45, 2.75) is 78.6 Å². The van der Waals surface area contributed by atoms with Gasteiger partial charge < -0.3 is 18.6 Å². The van der Waals surface area contributed by atoms with Gasteiger partial charge in [-0.15, -0.1) is 0 Å². The minimum atomic E-state index is -0.119. The highest BCUT2D eigenvalue weighted by atomic mass is 15.2. The molecule has 0 spiro atoms. The normalized spacial score (nSPS) is 12.9. The lowest BCUT2D eigenvalue weighted by Crippen LogP contribution is -2.15. The molecule has 0 aliphatic heterocycles. The molecule has 14 rings (SSSR count). The van der Waals surface area contributed by atoms with Crippen LogP contribution < -0.4 is 9.80 Å². The van der Waals surface area contributed by atoms with Crippen molar-refractivity contribution in [1.82, 2.24) is 8.80 Å². The van der Waals surface area contributed by atoms with E-state index in [2.05, 4.69) is 281 Å². The van der Waals surface area contributed by atoms with Gasteiger partial charge in [0.25, 0.3) is 0 Å². The van der Waals surface area contributed by atoms with Crippen molar-refractivity contribution in [2.75, 3.05) is 9.80 Å². The maximum Gasteiger partial charge on any atom is 0.0789 e. The number of hydrogen-bond acceptors (Lipinski definition) is 2. The second kappa shape index (κ2) is 15.6. The van der Waals surface area contributed by atoms with E-state index in [1.165, 1.54) is 109 Å². The predicted octanol–water partition coefficient (Wildman–Crippen LogP) is 20.0. The van der Waals surface area contributed by atoms with Crippen LogP contribution in [0.5, 0.6) is 0 Å². The van der Waals surface area contributed by atoms with Crippen LogP contribution in [0.1, 0.15) is 79.0 Å². The quantitative estimate of drug-likeness (QED) is 0.165. The summed E-state index contributed by atoms with van der Waals surface area (Å²) in [4.78, 5) is 4.96. The fourth-order valence-electron chi connectivity index (χ4n) is 12.4. The lowest BCUT2D eigenvalue weighted by molar-refractivity contribution is 0.591. The molecule has 0 unspecified atom stereocenters. The molecule has 74 heavy (non-hydrogen) atoms. The molecule has 0 atom stereocenters. The second-order valence-electron chi connectivity index (χ2n) is 23.9. The summed E-state index contributed by atoms with van der Waals surface area (Å²) in [6, 6.07) is 75.1. The highest BCUT2D eigenvalue weighted by Gasteiger charge is 2.32. The first-order valence-electron chi connectivity index (χ1n) is 26.4. The zero-order valence-corrected chi connectivity index (χ0v) is 43.8. The number of fused-ring (bicyclic) bond motifs is 15. The van der Waals surface area contributed by atoms with Crippen LogP contribution in [0.3, 0.4) is 0 Å². The van der Waals surface area contributed by atoms with Gasteiger partial charge in [-0.05, 0) is 147 Å². The molecule has 4 nitrogen and oxygen atoms in total. The fraction of sp³-hybridized carbons (Fsp3) is 0.171. The van der Waals surface area contributed by atoms with E-state index in [-0.39, 0.29) is 16.2 Å². The van der Waals surface area contributed by atoms with Gasteiger partial charge in [0.15, 0.2) is 0 Å². The van der Waals surface area contributed by atoms with E-state index in [1.807, 2.05) is 0 Å². The molecule has 0 fully saturated rings. The van der Waals surface area contributed by atoms with Crippen LogP contribution in [0.2, 0.25) is 0 Å². The van der Waals surface area contributed by atoms with E-state index >= 15 is 0 Å². The third kappa shape index (κ3) is 6.40. The van der Waals surface area contributed by atoms with Crippen LogP contribution in [0, 0.1) is 0 Å². The van der Waals surface area contributed by atoms with Crippen LogP contribution >= 0.6 is 0 Å². The Morgan fingerprint density at radius 2 is 0.622 bits per heavy atom. The van der Waals surface area contributed by atoms with Crippen molar-refractivity contribution in [3.05, 3.63) is 217 Å². The predicted molar refractivity (Wildman–Crippen MR) is 319 cm³/mol. The Bertz CT molecular complexity index is 4430. The largest absolute Gasteiger partial charge is 0.308 e. The van der Waals surface area contributed by atoms with Crippen molar-refractivity contribution < 1.29 is 0 Å². The van der Waals surface area contributed by atoms with Gasteiger partial charge in [-0.3, -0.25) is 0 Å². The molecule has 0 bridgehead atoms. The van der Waals surface area contributed by atoms with Gasteiger partial charge in [-0.1, -0.05) is 159 Å². The first-order chi connectivity index (χ1) is 35.6.